The predicted octanol–water partition coefficient (Wildman–Crippen LogP) is 2.63. The molecule has 0 saturated carbocycles. The van der Waals surface area contributed by atoms with Gasteiger partial charge in [0, 0.05) is 0 Å². The van der Waals surface area contributed by atoms with Crippen LogP contribution in [0.2, 0.25) is 0 Å². The van der Waals surface area contributed by atoms with Crippen LogP contribution in [0.4, 0.5) is 0 Å². The number of nitrogens with two attached hydrogens (primary N) is 1. The molecule has 0 aromatic heterocycles. The van der Waals surface area contributed by atoms with Crippen molar-refractivity contribution in [2.24, 2.45) is 5.73 Å². The maximum absolute atomic E-state index is 5.72. The Hall–Kier alpha value is -0.0800. The second kappa shape index (κ2) is 10.0. The van der Waals surface area contributed by atoms with Crippen molar-refractivity contribution < 1.29 is 0 Å². The Bertz CT molecular complexity index is 94.1. The fraction of sp³-hybridized carbons (Fsp3) is 1.00. The first-order valence-corrected chi connectivity index (χ1v) is 5.80. The van der Waals surface area contributed by atoms with Gasteiger partial charge >= 0.3 is 0 Å². The molecule has 2 heteroatoms. The highest BCUT2D eigenvalue weighted by atomic mass is 15.0. The summed E-state index contributed by atoms with van der Waals surface area (Å²) in [4.78, 5) is 0. The van der Waals surface area contributed by atoms with Crippen LogP contribution in [0.5, 0.6) is 0 Å². The van der Waals surface area contributed by atoms with E-state index in [0.717, 1.165) is 13.0 Å². The van der Waals surface area contributed by atoms with E-state index in [-0.39, 0.29) is 6.17 Å². The first-order valence-electron chi connectivity index (χ1n) is 5.80. The van der Waals surface area contributed by atoms with Gasteiger partial charge in [-0.3, -0.25) is 0 Å². The SMILES string of the molecule is CCCCCCCCNC(N)CC. The number of hydrogen-bond donors (Lipinski definition) is 2. The first kappa shape index (κ1) is 12.9. The van der Waals surface area contributed by atoms with Crippen molar-refractivity contribution in [2.75, 3.05) is 6.54 Å². The van der Waals surface area contributed by atoms with Crippen molar-refractivity contribution in [3.8, 4) is 0 Å². The van der Waals surface area contributed by atoms with Crippen molar-refractivity contribution in [1.29, 1.82) is 0 Å². The number of nitrogens with one attached hydrogen (secondary N) is 1. The third-order valence-corrected chi connectivity index (χ3v) is 2.38. The van der Waals surface area contributed by atoms with Crippen LogP contribution in [0.3, 0.4) is 0 Å². The molecule has 0 rings (SSSR count). The average molecular weight is 186 g/mol. The minimum absolute atomic E-state index is 0.204. The Labute approximate surface area is 83.3 Å². The van der Waals surface area contributed by atoms with E-state index in [9.17, 15) is 0 Å². The van der Waals surface area contributed by atoms with Gasteiger partial charge in [0.2, 0.25) is 0 Å². The average Bonchev–Trinajstić information content (AvgIpc) is 2.16. The van der Waals surface area contributed by atoms with E-state index >= 15 is 0 Å². The molecule has 0 aliphatic heterocycles. The molecule has 0 bridgehead atoms. The second-order valence-corrected chi connectivity index (χ2v) is 3.74. The lowest BCUT2D eigenvalue weighted by Gasteiger charge is -2.10. The molecule has 13 heavy (non-hydrogen) atoms. The summed E-state index contributed by atoms with van der Waals surface area (Å²) in [6.07, 6.45) is 9.36. The lowest BCUT2D eigenvalue weighted by molar-refractivity contribution is 0.489. The van der Waals surface area contributed by atoms with Gasteiger partial charge in [0.05, 0.1) is 6.17 Å². The Morgan fingerprint density at radius 2 is 1.62 bits per heavy atom. The third kappa shape index (κ3) is 9.84. The van der Waals surface area contributed by atoms with Crippen LogP contribution in [-0.2, 0) is 0 Å². The van der Waals surface area contributed by atoms with Crippen LogP contribution in [0, 0.1) is 0 Å². The van der Waals surface area contributed by atoms with Crippen molar-refractivity contribution in [2.45, 2.75) is 65.0 Å². The molecule has 0 aromatic carbocycles. The Morgan fingerprint density at radius 1 is 1.00 bits per heavy atom. The first-order chi connectivity index (χ1) is 6.31. The van der Waals surface area contributed by atoms with E-state index in [1.165, 1.54) is 38.5 Å². The molecule has 0 fully saturated rings. The zero-order chi connectivity index (χ0) is 9.94. The maximum Gasteiger partial charge on any atom is 0.0543 e. The molecular formula is C11H26N2. The molecule has 0 aliphatic carbocycles. The van der Waals surface area contributed by atoms with Crippen molar-refractivity contribution in [3.63, 3.8) is 0 Å². The van der Waals surface area contributed by atoms with Gasteiger partial charge < -0.3 is 11.1 Å². The van der Waals surface area contributed by atoms with Crippen LogP contribution in [-0.4, -0.2) is 12.7 Å². The van der Waals surface area contributed by atoms with Crippen LogP contribution in [0.25, 0.3) is 0 Å². The highest BCUT2D eigenvalue weighted by molar-refractivity contribution is 4.55. The molecule has 3 N–H and O–H groups in total. The van der Waals surface area contributed by atoms with Crippen molar-refractivity contribution in [1.82, 2.24) is 5.32 Å². The van der Waals surface area contributed by atoms with Gasteiger partial charge in [0.25, 0.3) is 0 Å². The molecule has 0 heterocycles. The molecule has 1 unspecified atom stereocenters. The topological polar surface area (TPSA) is 38.0 Å². The number of rotatable bonds is 9. The van der Waals surface area contributed by atoms with E-state index in [4.69, 9.17) is 5.73 Å². The summed E-state index contributed by atoms with van der Waals surface area (Å²) in [6.45, 7) is 5.45. The molecule has 0 spiro atoms. The predicted molar refractivity (Wildman–Crippen MR) is 59.6 cm³/mol. The Kier molecular flexibility index (Phi) is 9.94. The highest BCUT2D eigenvalue weighted by Gasteiger charge is 1.95. The molecule has 80 valence electrons. The summed E-state index contributed by atoms with van der Waals surface area (Å²) >= 11 is 0. The summed E-state index contributed by atoms with van der Waals surface area (Å²) in [5, 5.41) is 3.30. The van der Waals surface area contributed by atoms with E-state index in [0.29, 0.717) is 0 Å². The van der Waals surface area contributed by atoms with E-state index in [1.54, 1.807) is 0 Å². The summed E-state index contributed by atoms with van der Waals surface area (Å²) in [5.74, 6) is 0. The second-order valence-electron chi connectivity index (χ2n) is 3.74. The monoisotopic (exact) mass is 186 g/mol. The smallest absolute Gasteiger partial charge is 0.0543 e. The van der Waals surface area contributed by atoms with E-state index in [2.05, 4.69) is 19.2 Å². The molecule has 0 amide bonds. The molecule has 0 radical (unpaired) electrons. The summed E-state index contributed by atoms with van der Waals surface area (Å²) < 4.78 is 0. The van der Waals surface area contributed by atoms with Gasteiger partial charge in [-0.05, 0) is 19.4 Å². The highest BCUT2D eigenvalue weighted by Crippen LogP contribution is 2.04. The minimum atomic E-state index is 0.204. The molecule has 1 atom stereocenters. The summed E-state index contributed by atoms with van der Waals surface area (Å²) in [6, 6.07) is 0. The molecular weight excluding hydrogens is 160 g/mol. The van der Waals surface area contributed by atoms with Crippen LogP contribution in [0.1, 0.15) is 58.8 Å². The fourth-order valence-corrected chi connectivity index (χ4v) is 1.34. The standard InChI is InChI=1S/C11H26N2/c1-3-5-6-7-8-9-10-13-11(12)4-2/h11,13H,3-10,12H2,1-2H3. The lowest BCUT2D eigenvalue weighted by atomic mass is 10.1. The quantitative estimate of drug-likeness (QED) is 0.429. The molecule has 0 aliphatic rings. The zero-order valence-electron chi connectivity index (χ0n) is 9.31. The Balaban J connectivity index is 2.91. The normalized spacial score (nSPS) is 13.2. The number of unbranched alkanes of at least 4 members (excludes halogenated alkanes) is 5. The largest absolute Gasteiger partial charge is 0.316 e. The van der Waals surface area contributed by atoms with Gasteiger partial charge in [-0.2, -0.15) is 0 Å². The Morgan fingerprint density at radius 3 is 2.23 bits per heavy atom. The molecule has 0 aromatic rings. The zero-order valence-corrected chi connectivity index (χ0v) is 9.31. The van der Waals surface area contributed by atoms with Gasteiger partial charge in [-0.1, -0.05) is 46.0 Å². The van der Waals surface area contributed by atoms with Crippen LogP contribution < -0.4 is 11.1 Å². The van der Waals surface area contributed by atoms with Crippen LogP contribution in [0.15, 0.2) is 0 Å². The van der Waals surface area contributed by atoms with Gasteiger partial charge in [-0.15, -0.1) is 0 Å². The fourth-order valence-electron chi connectivity index (χ4n) is 1.34. The van der Waals surface area contributed by atoms with Gasteiger partial charge in [0.1, 0.15) is 0 Å². The van der Waals surface area contributed by atoms with Gasteiger partial charge in [0.15, 0.2) is 0 Å². The molecule has 2 nitrogen and oxygen atoms in total. The molecule has 0 saturated heterocycles. The van der Waals surface area contributed by atoms with Gasteiger partial charge in [-0.25, -0.2) is 0 Å². The third-order valence-electron chi connectivity index (χ3n) is 2.38. The lowest BCUT2D eigenvalue weighted by Crippen LogP contribution is -2.37. The van der Waals surface area contributed by atoms with E-state index in [1.807, 2.05) is 0 Å². The van der Waals surface area contributed by atoms with Crippen molar-refractivity contribution in [3.05, 3.63) is 0 Å². The van der Waals surface area contributed by atoms with Crippen molar-refractivity contribution >= 4 is 0 Å². The summed E-state index contributed by atoms with van der Waals surface area (Å²) in [7, 11) is 0. The minimum Gasteiger partial charge on any atom is -0.316 e. The summed E-state index contributed by atoms with van der Waals surface area (Å²) in [5.41, 5.74) is 5.72. The number of hydrogen-bond acceptors (Lipinski definition) is 2. The van der Waals surface area contributed by atoms with E-state index < -0.39 is 0 Å². The van der Waals surface area contributed by atoms with Crippen LogP contribution >= 0.6 is 0 Å². The maximum atomic E-state index is 5.72.